The Kier molecular flexibility index (Phi) is 5.92. The standard InChI is InChI=1S/C27H31N3O3/c1-33-22-10-8-21(9-11-22)27(13-3-2-4-14-27)26(32)30-15-12-25(31)20(18-30)16-19-6-5-7-24-23(19)17-28-29-24/h5-11,17,20H,2-4,12-16,18H2,1H3,(H,28,29). The summed E-state index contributed by atoms with van der Waals surface area (Å²) in [7, 11) is 1.66. The quantitative estimate of drug-likeness (QED) is 0.630. The molecule has 0 spiro atoms. The van der Waals surface area contributed by atoms with Gasteiger partial charge < -0.3 is 9.64 Å². The minimum Gasteiger partial charge on any atom is -0.497 e. The van der Waals surface area contributed by atoms with Crippen LogP contribution in [0.3, 0.4) is 0 Å². The molecule has 0 radical (unpaired) electrons. The Bertz CT molecular complexity index is 1140. The number of aromatic nitrogens is 2. The summed E-state index contributed by atoms with van der Waals surface area (Å²) in [6, 6.07) is 14.0. The largest absolute Gasteiger partial charge is 0.497 e. The number of piperidine rings is 1. The van der Waals surface area contributed by atoms with Crippen molar-refractivity contribution in [3.8, 4) is 5.75 Å². The minimum absolute atomic E-state index is 0.181. The maximum Gasteiger partial charge on any atom is 0.233 e. The van der Waals surface area contributed by atoms with Crippen molar-refractivity contribution in [1.29, 1.82) is 0 Å². The van der Waals surface area contributed by atoms with Crippen molar-refractivity contribution >= 4 is 22.6 Å². The second-order valence-electron chi connectivity index (χ2n) is 9.49. The molecule has 2 aliphatic rings. The summed E-state index contributed by atoms with van der Waals surface area (Å²) in [4.78, 5) is 28.9. The summed E-state index contributed by atoms with van der Waals surface area (Å²) in [5, 5.41) is 8.20. The van der Waals surface area contributed by atoms with Crippen molar-refractivity contribution in [2.45, 2.75) is 50.4 Å². The zero-order chi connectivity index (χ0) is 22.8. The minimum atomic E-state index is -0.500. The third kappa shape index (κ3) is 4.03. The van der Waals surface area contributed by atoms with Gasteiger partial charge >= 0.3 is 0 Å². The van der Waals surface area contributed by atoms with Crippen LogP contribution in [0.5, 0.6) is 5.75 Å². The van der Waals surface area contributed by atoms with Gasteiger partial charge in [-0.2, -0.15) is 5.10 Å². The molecule has 2 fully saturated rings. The molecule has 1 saturated heterocycles. The summed E-state index contributed by atoms with van der Waals surface area (Å²) >= 11 is 0. The summed E-state index contributed by atoms with van der Waals surface area (Å²) in [5.74, 6) is 1.06. The summed E-state index contributed by atoms with van der Waals surface area (Å²) in [6.07, 6.45) is 7.88. The molecular formula is C27H31N3O3. The van der Waals surface area contributed by atoms with Crippen molar-refractivity contribution in [2.24, 2.45) is 5.92 Å². The first-order valence-corrected chi connectivity index (χ1v) is 12.0. The second-order valence-corrected chi connectivity index (χ2v) is 9.49. The molecular weight excluding hydrogens is 414 g/mol. The van der Waals surface area contributed by atoms with Crippen molar-refractivity contribution in [3.63, 3.8) is 0 Å². The Hall–Kier alpha value is -3.15. The number of hydrogen-bond donors (Lipinski definition) is 1. The number of carbonyl (C=O) groups is 2. The number of nitrogens with zero attached hydrogens (tertiary/aromatic N) is 2. The molecule has 172 valence electrons. The molecule has 1 aliphatic carbocycles. The summed E-state index contributed by atoms with van der Waals surface area (Å²) < 4.78 is 5.33. The maximum atomic E-state index is 14.1. The summed E-state index contributed by atoms with van der Waals surface area (Å²) in [6.45, 7) is 1.01. The fourth-order valence-electron chi connectivity index (χ4n) is 5.74. The summed E-state index contributed by atoms with van der Waals surface area (Å²) in [5.41, 5.74) is 2.66. The molecule has 6 nitrogen and oxygen atoms in total. The molecule has 1 atom stereocenters. The third-order valence-electron chi connectivity index (χ3n) is 7.61. The number of ether oxygens (including phenoxy) is 1. The van der Waals surface area contributed by atoms with Crippen LogP contribution < -0.4 is 4.74 Å². The molecule has 1 N–H and O–H groups in total. The van der Waals surface area contributed by atoms with E-state index in [0.29, 0.717) is 25.9 Å². The lowest BCUT2D eigenvalue weighted by atomic mass is 9.68. The van der Waals surface area contributed by atoms with Crippen LogP contribution >= 0.6 is 0 Å². The van der Waals surface area contributed by atoms with Gasteiger partial charge in [-0.25, -0.2) is 0 Å². The van der Waals surface area contributed by atoms with Gasteiger partial charge in [-0.05, 0) is 48.6 Å². The van der Waals surface area contributed by atoms with Gasteiger partial charge in [0.2, 0.25) is 5.91 Å². The number of Topliss-reactive ketones (excluding diaryl/α,β-unsaturated/α-hetero) is 1. The fraction of sp³-hybridized carbons (Fsp3) is 0.444. The lowest BCUT2D eigenvalue weighted by molar-refractivity contribution is -0.143. The molecule has 1 aliphatic heterocycles. The number of carbonyl (C=O) groups excluding carboxylic acids is 2. The first kappa shape index (κ1) is 21.7. The van der Waals surface area contributed by atoms with E-state index in [-0.39, 0.29) is 17.6 Å². The van der Waals surface area contributed by atoms with E-state index in [0.717, 1.165) is 53.5 Å². The molecule has 2 heterocycles. The van der Waals surface area contributed by atoms with Gasteiger partial charge in [0.25, 0.3) is 0 Å². The van der Waals surface area contributed by atoms with Gasteiger partial charge in [-0.15, -0.1) is 0 Å². The van der Waals surface area contributed by atoms with E-state index in [1.807, 2.05) is 47.5 Å². The van der Waals surface area contributed by atoms with Crippen LogP contribution in [-0.4, -0.2) is 47.0 Å². The van der Waals surface area contributed by atoms with Gasteiger partial charge in [0.15, 0.2) is 0 Å². The number of likely N-dealkylation sites (tertiary alicyclic amines) is 1. The normalized spacial score (nSPS) is 20.7. The molecule has 1 amide bonds. The number of rotatable bonds is 5. The second kappa shape index (κ2) is 9.00. The Morgan fingerprint density at radius 3 is 2.70 bits per heavy atom. The average molecular weight is 446 g/mol. The van der Waals surface area contributed by atoms with Crippen LogP contribution in [0.15, 0.2) is 48.7 Å². The molecule has 33 heavy (non-hydrogen) atoms. The number of benzene rings is 2. The van der Waals surface area contributed by atoms with Crippen molar-refractivity contribution in [2.75, 3.05) is 20.2 Å². The highest BCUT2D eigenvalue weighted by atomic mass is 16.5. The molecule has 1 unspecified atom stereocenters. The Balaban J connectivity index is 1.40. The molecule has 5 rings (SSSR count). The van der Waals surface area contributed by atoms with E-state index in [9.17, 15) is 9.59 Å². The SMILES string of the molecule is COc1ccc(C2(C(=O)N3CCC(=O)C(Cc4cccc5[nH]ncc45)C3)CCCCC2)cc1. The van der Waals surface area contributed by atoms with E-state index in [2.05, 4.69) is 16.3 Å². The van der Waals surface area contributed by atoms with Crippen LogP contribution in [0.25, 0.3) is 10.9 Å². The Morgan fingerprint density at radius 1 is 1.15 bits per heavy atom. The lowest BCUT2D eigenvalue weighted by Crippen LogP contribution is -2.53. The van der Waals surface area contributed by atoms with Crippen molar-refractivity contribution in [3.05, 3.63) is 59.8 Å². The smallest absolute Gasteiger partial charge is 0.233 e. The van der Waals surface area contributed by atoms with Crippen molar-refractivity contribution < 1.29 is 14.3 Å². The monoisotopic (exact) mass is 445 g/mol. The Labute approximate surface area is 194 Å². The zero-order valence-electron chi connectivity index (χ0n) is 19.2. The maximum absolute atomic E-state index is 14.1. The highest BCUT2D eigenvalue weighted by Gasteiger charge is 2.45. The highest BCUT2D eigenvalue weighted by Crippen LogP contribution is 2.42. The predicted molar refractivity (Wildman–Crippen MR) is 127 cm³/mol. The molecule has 3 aromatic rings. The Morgan fingerprint density at radius 2 is 1.94 bits per heavy atom. The van der Waals surface area contributed by atoms with Crippen LogP contribution in [0.2, 0.25) is 0 Å². The molecule has 6 heteroatoms. The van der Waals surface area contributed by atoms with Gasteiger partial charge in [0.05, 0.1) is 24.2 Å². The van der Waals surface area contributed by atoms with Gasteiger partial charge in [0, 0.05) is 30.8 Å². The van der Waals surface area contributed by atoms with Gasteiger partial charge in [-0.1, -0.05) is 43.5 Å². The number of hydrogen-bond acceptors (Lipinski definition) is 4. The van der Waals surface area contributed by atoms with E-state index < -0.39 is 5.41 Å². The number of methoxy groups -OCH3 is 1. The van der Waals surface area contributed by atoms with Crippen molar-refractivity contribution in [1.82, 2.24) is 15.1 Å². The molecule has 1 aromatic heterocycles. The van der Waals surface area contributed by atoms with E-state index in [4.69, 9.17) is 4.74 Å². The van der Waals surface area contributed by atoms with Crippen LogP contribution in [0, 0.1) is 5.92 Å². The van der Waals surface area contributed by atoms with Gasteiger partial charge in [0.1, 0.15) is 11.5 Å². The molecule has 0 bridgehead atoms. The number of aromatic amines is 1. The topological polar surface area (TPSA) is 75.3 Å². The number of nitrogens with one attached hydrogen (secondary N) is 1. The predicted octanol–water partition coefficient (Wildman–Crippen LogP) is 4.43. The van der Waals surface area contributed by atoms with Crippen LogP contribution in [0.4, 0.5) is 0 Å². The van der Waals surface area contributed by atoms with Crippen LogP contribution in [-0.2, 0) is 21.4 Å². The molecule has 1 saturated carbocycles. The molecule has 2 aromatic carbocycles. The fourth-order valence-corrected chi connectivity index (χ4v) is 5.74. The number of amides is 1. The van der Waals surface area contributed by atoms with Gasteiger partial charge in [-0.3, -0.25) is 14.7 Å². The van der Waals surface area contributed by atoms with E-state index in [1.165, 1.54) is 6.42 Å². The lowest BCUT2D eigenvalue weighted by Gasteiger charge is -2.42. The van der Waals surface area contributed by atoms with E-state index >= 15 is 0 Å². The van der Waals surface area contributed by atoms with Crippen LogP contribution in [0.1, 0.15) is 49.7 Å². The number of fused-ring (bicyclic) bond motifs is 1. The first-order valence-electron chi connectivity index (χ1n) is 12.0. The highest BCUT2D eigenvalue weighted by molar-refractivity contribution is 5.91. The number of H-pyrrole nitrogens is 1. The third-order valence-corrected chi connectivity index (χ3v) is 7.61. The first-order chi connectivity index (χ1) is 16.1. The zero-order valence-corrected chi connectivity index (χ0v) is 19.2. The van der Waals surface area contributed by atoms with E-state index in [1.54, 1.807) is 7.11 Å². The average Bonchev–Trinajstić information content (AvgIpc) is 3.35. The number of ketones is 1.